The number of amides is 3. The van der Waals surface area contributed by atoms with Gasteiger partial charge in [-0.3, -0.25) is 24.6 Å². The Balaban J connectivity index is 1.48. The highest BCUT2D eigenvalue weighted by Gasteiger charge is 2.34. The summed E-state index contributed by atoms with van der Waals surface area (Å²) in [5.74, 6) is -2.13. The Morgan fingerprint density at radius 1 is 1.14 bits per heavy atom. The van der Waals surface area contributed by atoms with Crippen molar-refractivity contribution < 1.29 is 23.5 Å². The number of aryl methyl sites for hydroxylation is 1. The zero-order valence-electron chi connectivity index (χ0n) is 19.6. The summed E-state index contributed by atoms with van der Waals surface area (Å²) in [6.45, 7) is 1.62. The quantitative estimate of drug-likeness (QED) is 0.254. The molecule has 0 atom stereocenters. The van der Waals surface area contributed by atoms with Crippen molar-refractivity contribution in [3.63, 3.8) is 0 Å². The van der Waals surface area contributed by atoms with E-state index in [1.165, 1.54) is 41.3 Å². The summed E-state index contributed by atoms with van der Waals surface area (Å²) in [4.78, 5) is 39.1. The average molecular weight is 538 g/mol. The van der Waals surface area contributed by atoms with Gasteiger partial charge < -0.3 is 10.1 Å². The number of hydrogen-bond acceptors (Lipinski definition) is 5. The van der Waals surface area contributed by atoms with Crippen molar-refractivity contribution in [1.82, 2.24) is 5.32 Å². The largest absolute Gasteiger partial charge is 0.482 e. The predicted octanol–water partition coefficient (Wildman–Crippen LogP) is 4.89. The number of thiocarbonyl (C=S) groups is 1. The van der Waals surface area contributed by atoms with Crippen LogP contribution in [0, 0.1) is 5.82 Å². The lowest BCUT2D eigenvalue weighted by molar-refractivity contribution is -0.122. The number of halogens is 2. The standard InChI is InChI=1S/C27H21ClFN3O4S/c1-2-16-7-10-18(11-8-16)32-26(35)19(25(34)31-27(32)37)13-17-9-12-23(20(28)14-17)36-15-24(33)30-22-6-4-3-5-21(22)29/h3-14H,2,15H2,1H3,(H,30,33)(H,31,34,37)/b19-13+. The van der Waals surface area contributed by atoms with Crippen LogP contribution in [0.4, 0.5) is 15.8 Å². The molecule has 7 nitrogen and oxygen atoms in total. The fourth-order valence-corrected chi connectivity index (χ4v) is 4.08. The molecular weight excluding hydrogens is 517 g/mol. The monoisotopic (exact) mass is 537 g/mol. The summed E-state index contributed by atoms with van der Waals surface area (Å²) in [5, 5.41) is 5.10. The van der Waals surface area contributed by atoms with Crippen LogP contribution in [0.15, 0.2) is 72.3 Å². The van der Waals surface area contributed by atoms with E-state index in [0.717, 1.165) is 12.0 Å². The van der Waals surface area contributed by atoms with Crippen LogP contribution < -0.4 is 20.3 Å². The van der Waals surface area contributed by atoms with E-state index in [9.17, 15) is 18.8 Å². The molecule has 2 N–H and O–H groups in total. The van der Waals surface area contributed by atoms with Gasteiger partial charge in [-0.25, -0.2) is 4.39 Å². The molecule has 0 radical (unpaired) electrons. The first-order valence-electron chi connectivity index (χ1n) is 11.2. The molecule has 0 saturated carbocycles. The average Bonchev–Trinajstić information content (AvgIpc) is 2.87. The number of benzene rings is 3. The number of para-hydroxylation sites is 1. The van der Waals surface area contributed by atoms with E-state index in [4.69, 9.17) is 28.6 Å². The van der Waals surface area contributed by atoms with Crippen LogP contribution in [-0.4, -0.2) is 29.4 Å². The molecule has 3 amide bonds. The van der Waals surface area contributed by atoms with Crippen LogP contribution in [0.1, 0.15) is 18.1 Å². The summed E-state index contributed by atoms with van der Waals surface area (Å²) in [6.07, 6.45) is 2.24. The maximum atomic E-state index is 13.7. The third-order valence-electron chi connectivity index (χ3n) is 5.48. The maximum Gasteiger partial charge on any atom is 0.270 e. The second kappa shape index (κ2) is 11.3. The Labute approximate surface area is 222 Å². The lowest BCUT2D eigenvalue weighted by Crippen LogP contribution is -2.54. The van der Waals surface area contributed by atoms with E-state index in [1.54, 1.807) is 24.3 Å². The van der Waals surface area contributed by atoms with E-state index >= 15 is 0 Å². The van der Waals surface area contributed by atoms with E-state index < -0.39 is 30.1 Å². The lowest BCUT2D eigenvalue weighted by Gasteiger charge is -2.29. The van der Waals surface area contributed by atoms with E-state index in [0.29, 0.717) is 11.3 Å². The predicted molar refractivity (Wildman–Crippen MR) is 144 cm³/mol. The van der Waals surface area contributed by atoms with Gasteiger partial charge in [-0.2, -0.15) is 0 Å². The third-order valence-corrected chi connectivity index (χ3v) is 6.06. The second-order valence-corrected chi connectivity index (χ2v) is 8.78. The summed E-state index contributed by atoms with van der Waals surface area (Å²) >= 11 is 11.5. The maximum absolute atomic E-state index is 13.7. The van der Waals surface area contributed by atoms with Crippen LogP contribution in [0.2, 0.25) is 5.02 Å². The second-order valence-electron chi connectivity index (χ2n) is 7.98. The number of carbonyl (C=O) groups is 3. The summed E-state index contributed by atoms with van der Waals surface area (Å²) in [6, 6.07) is 17.7. The number of anilines is 2. The highest BCUT2D eigenvalue weighted by atomic mass is 35.5. The first-order valence-corrected chi connectivity index (χ1v) is 12.0. The zero-order chi connectivity index (χ0) is 26.5. The van der Waals surface area contributed by atoms with E-state index in [-0.39, 0.29) is 27.1 Å². The molecule has 1 saturated heterocycles. The topological polar surface area (TPSA) is 87.7 Å². The molecule has 4 rings (SSSR count). The molecular formula is C27H21ClFN3O4S. The van der Waals surface area contributed by atoms with Gasteiger partial charge in [0.05, 0.1) is 16.4 Å². The number of nitrogens with one attached hydrogen (secondary N) is 2. The molecule has 1 aliphatic heterocycles. The van der Waals surface area contributed by atoms with Crippen molar-refractivity contribution in [3.05, 3.63) is 94.3 Å². The van der Waals surface area contributed by atoms with Gasteiger partial charge in [-0.1, -0.05) is 48.9 Å². The molecule has 188 valence electrons. The molecule has 1 aliphatic rings. The molecule has 3 aromatic rings. The molecule has 0 aromatic heterocycles. The number of hydrogen-bond donors (Lipinski definition) is 2. The van der Waals surface area contributed by atoms with Gasteiger partial charge in [0.15, 0.2) is 11.7 Å². The fraction of sp³-hybridized carbons (Fsp3) is 0.111. The minimum Gasteiger partial charge on any atom is -0.482 e. The number of nitrogens with zero attached hydrogens (tertiary/aromatic N) is 1. The summed E-state index contributed by atoms with van der Waals surface area (Å²) < 4.78 is 19.1. The molecule has 0 unspecified atom stereocenters. The van der Waals surface area contributed by atoms with Crippen LogP contribution in [-0.2, 0) is 20.8 Å². The smallest absolute Gasteiger partial charge is 0.270 e. The summed E-state index contributed by atoms with van der Waals surface area (Å²) in [5.41, 5.74) is 2.01. The molecule has 10 heteroatoms. The minimum absolute atomic E-state index is 0.00756. The van der Waals surface area contributed by atoms with E-state index in [1.807, 2.05) is 19.1 Å². The Morgan fingerprint density at radius 2 is 1.86 bits per heavy atom. The third kappa shape index (κ3) is 6.02. The van der Waals surface area contributed by atoms with Gasteiger partial charge in [-0.15, -0.1) is 0 Å². The van der Waals surface area contributed by atoms with Gasteiger partial charge >= 0.3 is 0 Å². The van der Waals surface area contributed by atoms with Gasteiger partial charge in [-0.05, 0) is 72.2 Å². The van der Waals surface area contributed by atoms with E-state index in [2.05, 4.69) is 10.6 Å². The van der Waals surface area contributed by atoms with Gasteiger partial charge in [0.1, 0.15) is 17.1 Å². The summed E-state index contributed by atoms with van der Waals surface area (Å²) in [7, 11) is 0. The number of rotatable bonds is 7. The molecule has 0 bridgehead atoms. The van der Waals surface area contributed by atoms with Crippen molar-refractivity contribution in [2.45, 2.75) is 13.3 Å². The van der Waals surface area contributed by atoms with Gasteiger partial charge in [0.25, 0.3) is 17.7 Å². The highest BCUT2D eigenvalue weighted by molar-refractivity contribution is 7.80. The van der Waals surface area contributed by atoms with Gasteiger partial charge in [0.2, 0.25) is 0 Å². The number of ether oxygens (including phenoxy) is 1. The molecule has 1 heterocycles. The van der Waals surface area contributed by atoms with Crippen LogP contribution >= 0.6 is 23.8 Å². The molecule has 0 spiro atoms. The Kier molecular flexibility index (Phi) is 7.95. The Bertz CT molecular complexity index is 1430. The molecule has 1 fully saturated rings. The molecule has 0 aliphatic carbocycles. The minimum atomic E-state index is -0.627. The van der Waals surface area contributed by atoms with Crippen LogP contribution in [0.25, 0.3) is 6.08 Å². The molecule has 3 aromatic carbocycles. The van der Waals surface area contributed by atoms with Crippen LogP contribution in [0.3, 0.4) is 0 Å². The first-order chi connectivity index (χ1) is 17.8. The van der Waals surface area contributed by atoms with Crippen molar-refractivity contribution in [3.8, 4) is 5.75 Å². The van der Waals surface area contributed by atoms with Crippen molar-refractivity contribution in [1.29, 1.82) is 0 Å². The lowest BCUT2D eigenvalue weighted by atomic mass is 10.1. The van der Waals surface area contributed by atoms with Crippen molar-refractivity contribution in [2.75, 3.05) is 16.8 Å². The normalized spacial score (nSPS) is 14.5. The molecule has 37 heavy (non-hydrogen) atoms. The Hall–Kier alpha value is -4.08. The zero-order valence-corrected chi connectivity index (χ0v) is 21.2. The first kappa shape index (κ1) is 26.0. The SMILES string of the molecule is CCc1ccc(N2C(=O)/C(=C/c3ccc(OCC(=O)Nc4ccccc4F)c(Cl)c3)C(=O)NC2=S)cc1. The fourth-order valence-electron chi connectivity index (χ4n) is 3.56. The van der Waals surface area contributed by atoms with Gasteiger partial charge in [0, 0.05) is 0 Å². The Morgan fingerprint density at radius 3 is 2.54 bits per heavy atom. The highest BCUT2D eigenvalue weighted by Crippen LogP contribution is 2.28. The number of carbonyl (C=O) groups excluding carboxylic acids is 3. The van der Waals surface area contributed by atoms with Crippen LogP contribution in [0.5, 0.6) is 5.75 Å². The van der Waals surface area contributed by atoms with Crippen molar-refractivity contribution >= 4 is 64.1 Å². The van der Waals surface area contributed by atoms with Crippen molar-refractivity contribution in [2.24, 2.45) is 0 Å².